The van der Waals surface area contributed by atoms with Crippen LogP contribution in [0.15, 0.2) is 24.3 Å². The Morgan fingerprint density at radius 1 is 1.17 bits per heavy atom. The number of benzene rings is 1. The van der Waals surface area contributed by atoms with Gasteiger partial charge in [0.15, 0.2) is 0 Å². The first kappa shape index (κ1) is 14.9. The second-order valence-electron chi connectivity index (χ2n) is 4.44. The van der Waals surface area contributed by atoms with Crippen molar-refractivity contribution >= 4 is 0 Å². The summed E-state index contributed by atoms with van der Waals surface area (Å²) in [5.41, 5.74) is 6.76. The molecule has 0 spiro atoms. The maximum Gasteiger partial charge on any atom is 0.387 e. The summed E-state index contributed by atoms with van der Waals surface area (Å²) >= 11 is 0. The fourth-order valence-electron chi connectivity index (χ4n) is 2.10. The van der Waals surface area contributed by atoms with Gasteiger partial charge in [0.25, 0.3) is 0 Å². The summed E-state index contributed by atoms with van der Waals surface area (Å²) in [6, 6.07) is 6.50. The number of halogens is 2. The van der Waals surface area contributed by atoms with Crippen LogP contribution in [0.3, 0.4) is 0 Å². The second-order valence-corrected chi connectivity index (χ2v) is 4.44. The summed E-state index contributed by atoms with van der Waals surface area (Å²) in [5, 5.41) is 0. The van der Waals surface area contributed by atoms with E-state index in [1.165, 1.54) is 6.07 Å². The zero-order chi connectivity index (χ0) is 13.5. The van der Waals surface area contributed by atoms with E-state index in [1.807, 2.05) is 0 Å². The summed E-state index contributed by atoms with van der Waals surface area (Å²) in [5.74, 6) is 0.700. The minimum absolute atomic E-state index is 0.186. The predicted octanol–water partition coefficient (Wildman–Crippen LogP) is 4.11. The van der Waals surface area contributed by atoms with Crippen LogP contribution in [-0.4, -0.2) is 6.61 Å². The minimum atomic E-state index is -2.81. The Bertz CT molecular complexity index is 353. The highest BCUT2D eigenvalue weighted by Gasteiger charge is 2.17. The van der Waals surface area contributed by atoms with E-state index in [-0.39, 0.29) is 11.8 Å². The molecule has 0 saturated heterocycles. The number of hydrogen-bond acceptors (Lipinski definition) is 2. The highest BCUT2D eigenvalue weighted by Crippen LogP contribution is 2.30. The maximum absolute atomic E-state index is 12.3. The topological polar surface area (TPSA) is 35.2 Å². The fraction of sp³-hybridized carbons (Fsp3) is 0.571. The van der Waals surface area contributed by atoms with E-state index in [0.29, 0.717) is 11.5 Å². The van der Waals surface area contributed by atoms with Crippen molar-refractivity contribution in [2.75, 3.05) is 0 Å². The van der Waals surface area contributed by atoms with Crippen molar-refractivity contribution in [3.8, 4) is 5.75 Å². The molecular formula is C14H21F2NO. The summed E-state index contributed by atoms with van der Waals surface area (Å²) in [4.78, 5) is 0. The van der Waals surface area contributed by atoms with E-state index in [2.05, 4.69) is 18.6 Å². The largest absolute Gasteiger partial charge is 0.434 e. The SMILES string of the molecule is CCC(CC)CC(N)c1ccccc1OC(F)F. The zero-order valence-corrected chi connectivity index (χ0v) is 10.9. The van der Waals surface area contributed by atoms with Crippen molar-refractivity contribution in [3.63, 3.8) is 0 Å². The average Bonchev–Trinajstić information content (AvgIpc) is 2.35. The lowest BCUT2D eigenvalue weighted by atomic mass is 9.91. The Kier molecular flexibility index (Phi) is 6.05. The lowest BCUT2D eigenvalue weighted by molar-refractivity contribution is -0.0506. The molecule has 102 valence electrons. The van der Waals surface area contributed by atoms with Crippen LogP contribution in [0.4, 0.5) is 8.78 Å². The van der Waals surface area contributed by atoms with Crippen molar-refractivity contribution in [2.45, 2.75) is 45.8 Å². The van der Waals surface area contributed by atoms with Crippen LogP contribution in [0.25, 0.3) is 0 Å². The second kappa shape index (κ2) is 7.31. The first-order chi connectivity index (χ1) is 8.58. The van der Waals surface area contributed by atoms with Crippen LogP contribution in [0, 0.1) is 5.92 Å². The van der Waals surface area contributed by atoms with Crippen molar-refractivity contribution in [2.24, 2.45) is 11.7 Å². The lowest BCUT2D eigenvalue weighted by Crippen LogP contribution is -2.17. The van der Waals surface area contributed by atoms with Crippen LogP contribution in [-0.2, 0) is 0 Å². The highest BCUT2D eigenvalue weighted by molar-refractivity contribution is 5.35. The number of nitrogens with two attached hydrogens (primary N) is 1. The van der Waals surface area contributed by atoms with Gasteiger partial charge in [0.05, 0.1) is 0 Å². The van der Waals surface area contributed by atoms with Crippen LogP contribution < -0.4 is 10.5 Å². The third-order valence-electron chi connectivity index (χ3n) is 3.28. The van der Waals surface area contributed by atoms with E-state index in [0.717, 1.165) is 19.3 Å². The van der Waals surface area contributed by atoms with E-state index in [9.17, 15) is 8.78 Å². The maximum atomic E-state index is 12.3. The molecule has 2 nitrogen and oxygen atoms in total. The van der Waals surface area contributed by atoms with Gasteiger partial charge < -0.3 is 10.5 Å². The van der Waals surface area contributed by atoms with Gasteiger partial charge in [-0.2, -0.15) is 8.78 Å². The first-order valence-corrected chi connectivity index (χ1v) is 6.37. The van der Waals surface area contributed by atoms with Crippen LogP contribution >= 0.6 is 0 Å². The standard InChI is InChI=1S/C14H21F2NO/c1-3-10(4-2)9-12(17)11-7-5-6-8-13(11)18-14(15)16/h5-8,10,12,14H,3-4,9,17H2,1-2H3. The van der Waals surface area contributed by atoms with Gasteiger partial charge in [0.1, 0.15) is 5.75 Å². The molecule has 0 fully saturated rings. The summed E-state index contributed by atoms with van der Waals surface area (Å²) in [6.07, 6.45) is 2.88. The molecule has 0 aliphatic rings. The Labute approximate surface area is 107 Å². The van der Waals surface area contributed by atoms with Gasteiger partial charge in [-0.1, -0.05) is 44.9 Å². The third-order valence-corrected chi connectivity index (χ3v) is 3.28. The summed E-state index contributed by atoms with van der Waals surface area (Å²) in [6.45, 7) is 1.41. The molecule has 0 aromatic heterocycles. The van der Waals surface area contributed by atoms with E-state index in [1.54, 1.807) is 18.2 Å². The Morgan fingerprint density at radius 3 is 2.33 bits per heavy atom. The van der Waals surface area contributed by atoms with Crippen molar-refractivity contribution in [1.29, 1.82) is 0 Å². The van der Waals surface area contributed by atoms with Crippen LogP contribution in [0.2, 0.25) is 0 Å². The molecule has 2 N–H and O–H groups in total. The number of para-hydroxylation sites is 1. The number of ether oxygens (including phenoxy) is 1. The molecule has 0 amide bonds. The van der Waals surface area contributed by atoms with Gasteiger partial charge in [0, 0.05) is 11.6 Å². The molecule has 4 heteroatoms. The smallest absolute Gasteiger partial charge is 0.387 e. The van der Waals surface area contributed by atoms with E-state index >= 15 is 0 Å². The van der Waals surface area contributed by atoms with Crippen molar-refractivity contribution in [1.82, 2.24) is 0 Å². The summed E-state index contributed by atoms with van der Waals surface area (Å²) < 4.78 is 29.1. The van der Waals surface area contributed by atoms with Crippen LogP contribution in [0.1, 0.15) is 44.7 Å². The van der Waals surface area contributed by atoms with Crippen LogP contribution in [0.5, 0.6) is 5.75 Å². The molecule has 0 aliphatic carbocycles. The molecule has 0 bridgehead atoms. The molecule has 0 aliphatic heterocycles. The summed E-state index contributed by atoms with van der Waals surface area (Å²) in [7, 11) is 0. The molecule has 1 atom stereocenters. The first-order valence-electron chi connectivity index (χ1n) is 6.37. The zero-order valence-electron chi connectivity index (χ0n) is 10.9. The minimum Gasteiger partial charge on any atom is -0.434 e. The molecule has 0 radical (unpaired) electrons. The molecule has 1 rings (SSSR count). The quantitative estimate of drug-likeness (QED) is 0.797. The predicted molar refractivity (Wildman–Crippen MR) is 68.7 cm³/mol. The number of rotatable bonds is 7. The van der Waals surface area contributed by atoms with Crippen molar-refractivity contribution < 1.29 is 13.5 Å². The molecule has 0 saturated carbocycles. The van der Waals surface area contributed by atoms with E-state index in [4.69, 9.17) is 5.73 Å². The third kappa shape index (κ3) is 4.26. The molecule has 1 unspecified atom stereocenters. The molecule has 0 heterocycles. The highest BCUT2D eigenvalue weighted by atomic mass is 19.3. The van der Waals surface area contributed by atoms with Gasteiger partial charge in [-0.05, 0) is 18.4 Å². The normalized spacial score (nSPS) is 13.1. The molecule has 18 heavy (non-hydrogen) atoms. The molecular weight excluding hydrogens is 236 g/mol. The lowest BCUT2D eigenvalue weighted by Gasteiger charge is -2.20. The van der Waals surface area contributed by atoms with Crippen molar-refractivity contribution in [3.05, 3.63) is 29.8 Å². The van der Waals surface area contributed by atoms with Gasteiger partial charge in [0.2, 0.25) is 0 Å². The monoisotopic (exact) mass is 257 g/mol. The molecule has 1 aromatic rings. The Hall–Kier alpha value is -1.16. The molecule has 1 aromatic carbocycles. The Balaban J connectivity index is 2.80. The van der Waals surface area contributed by atoms with E-state index < -0.39 is 6.61 Å². The van der Waals surface area contributed by atoms with Gasteiger partial charge in [-0.15, -0.1) is 0 Å². The number of hydrogen-bond donors (Lipinski definition) is 1. The number of alkyl halides is 2. The average molecular weight is 257 g/mol. The van der Waals surface area contributed by atoms with Gasteiger partial charge in [-0.25, -0.2) is 0 Å². The Morgan fingerprint density at radius 2 is 1.78 bits per heavy atom. The van der Waals surface area contributed by atoms with Gasteiger partial charge in [-0.3, -0.25) is 0 Å². The van der Waals surface area contributed by atoms with Gasteiger partial charge >= 0.3 is 6.61 Å². The fourth-order valence-corrected chi connectivity index (χ4v) is 2.10.